The van der Waals surface area contributed by atoms with Gasteiger partial charge in [-0.2, -0.15) is 0 Å². The van der Waals surface area contributed by atoms with E-state index in [-0.39, 0.29) is 18.4 Å². The van der Waals surface area contributed by atoms with Gasteiger partial charge in [0.1, 0.15) is 5.75 Å². The van der Waals surface area contributed by atoms with Gasteiger partial charge in [0.05, 0.1) is 0 Å². The van der Waals surface area contributed by atoms with Gasteiger partial charge < -0.3 is 15.4 Å². The number of carbonyl (C=O) groups excluding carboxylic acids is 2. The smallest absolute Gasteiger partial charge is 0.262 e. The molecule has 0 aliphatic carbocycles. The summed E-state index contributed by atoms with van der Waals surface area (Å²) in [7, 11) is 0. The monoisotopic (exact) mass is 340 g/mol. The third kappa shape index (κ3) is 5.08. The SMILES string of the molecule is CCNC(=O)c1cccc(NC(=O)COc2cc(C)cc(C)c2C)c1. The van der Waals surface area contributed by atoms with Gasteiger partial charge in [0.2, 0.25) is 0 Å². The molecule has 0 aliphatic heterocycles. The van der Waals surface area contributed by atoms with Gasteiger partial charge in [0, 0.05) is 17.8 Å². The van der Waals surface area contributed by atoms with Gasteiger partial charge in [-0.3, -0.25) is 9.59 Å². The lowest BCUT2D eigenvalue weighted by Crippen LogP contribution is -2.23. The Balaban J connectivity index is 1.99. The maximum absolute atomic E-state index is 12.1. The molecule has 0 bridgehead atoms. The predicted octanol–water partition coefficient (Wildman–Crippen LogP) is 3.38. The fraction of sp³-hybridized carbons (Fsp3) is 0.300. The maximum Gasteiger partial charge on any atom is 0.262 e. The second kappa shape index (κ2) is 8.33. The first-order valence-corrected chi connectivity index (χ1v) is 8.29. The zero-order chi connectivity index (χ0) is 18.4. The molecule has 25 heavy (non-hydrogen) atoms. The van der Waals surface area contributed by atoms with Crippen LogP contribution in [-0.4, -0.2) is 25.0 Å². The summed E-state index contributed by atoms with van der Waals surface area (Å²) in [6, 6.07) is 10.8. The van der Waals surface area contributed by atoms with E-state index in [1.807, 2.05) is 33.8 Å². The van der Waals surface area contributed by atoms with E-state index in [1.165, 1.54) is 0 Å². The largest absolute Gasteiger partial charge is 0.483 e. The molecule has 2 rings (SSSR count). The number of hydrogen-bond acceptors (Lipinski definition) is 3. The molecule has 0 spiro atoms. The number of benzene rings is 2. The molecule has 0 aromatic heterocycles. The number of hydrogen-bond donors (Lipinski definition) is 2. The van der Waals surface area contributed by atoms with Crippen molar-refractivity contribution in [3.8, 4) is 5.75 Å². The highest BCUT2D eigenvalue weighted by Gasteiger charge is 2.09. The van der Waals surface area contributed by atoms with Crippen molar-refractivity contribution in [3.05, 3.63) is 58.7 Å². The summed E-state index contributed by atoms with van der Waals surface area (Å²) >= 11 is 0. The lowest BCUT2D eigenvalue weighted by atomic mass is 10.1. The molecule has 2 aromatic rings. The molecule has 0 radical (unpaired) electrons. The van der Waals surface area contributed by atoms with Crippen LogP contribution in [0.15, 0.2) is 36.4 Å². The second-order valence-electron chi connectivity index (χ2n) is 5.98. The average molecular weight is 340 g/mol. The van der Waals surface area contributed by atoms with E-state index in [0.717, 1.165) is 16.7 Å². The Labute approximate surface area is 148 Å². The zero-order valence-corrected chi connectivity index (χ0v) is 15.1. The molecule has 132 valence electrons. The van der Waals surface area contributed by atoms with Crippen LogP contribution >= 0.6 is 0 Å². The minimum Gasteiger partial charge on any atom is -0.483 e. The number of nitrogens with one attached hydrogen (secondary N) is 2. The zero-order valence-electron chi connectivity index (χ0n) is 15.1. The van der Waals surface area contributed by atoms with Crippen molar-refractivity contribution >= 4 is 17.5 Å². The molecule has 0 saturated carbocycles. The van der Waals surface area contributed by atoms with Gasteiger partial charge in [-0.05, 0) is 68.7 Å². The van der Waals surface area contributed by atoms with E-state index < -0.39 is 0 Å². The van der Waals surface area contributed by atoms with Crippen LogP contribution < -0.4 is 15.4 Å². The van der Waals surface area contributed by atoms with E-state index >= 15 is 0 Å². The topological polar surface area (TPSA) is 67.4 Å². The van der Waals surface area contributed by atoms with Crippen LogP contribution in [0.4, 0.5) is 5.69 Å². The molecular formula is C20H24N2O3. The number of rotatable bonds is 6. The normalized spacial score (nSPS) is 10.2. The van der Waals surface area contributed by atoms with Gasteiger partial charge in [0.15, 0.2) is 6.61 Å². The fourth-order valence-corrected chi connectivity index (χ4v) is 2.49. The van der Waals surface area contributed by atoms with Crippen molar-refractivity contribution in [2.24, 2.45) is 0 Å². The average Bonchev–Trinajstić information content (AvgIpc) is 2.57. The Bertz CT molecular complexity index is 785. The Morgan fingerprint density at radius 3 is 2.56 bits per heavy atom. The molecule has 0 atom stereocenters. The van der Waals surface area contributed by atoms with Crippen LogP contribution in [0.2, 0.25) is 0 Å². The molecule has 0 heterocycles. The van der Waals surface area contributed by atoms with E-state index in [1.54, 1.807) is 24.3 Å². The summed E-state index contributed by atoms with van der Waals surface area (Å²) in [6.07, 6.45) is 0. The lowest BCUT2D eigenvalue weighted by molar-refractivity contribution is -0.118. The van der Waals surface area contributed by atoms with Gasteiger partial charge >= 0.3 is 0 Å². The summed E-state index contributed by atoms with van der Waals surface area (Å²) < 4.78 is 5.66. The van der Waals surface area contributed by atoms with Crippen molar-refractivity contribution in [1.29, 1.82) is 0 Å². The minimum absolute atomic E-state index is 0.0882. The highest BCUT2D eigenvalue weighted by molar-refractivity contribution is 5.97. The highest BCUT2D eigenvalue weighted by atomic mass is 16.5. The molecule has 0 unspecified atom stereocenters. The first-order valence-electron chi connectivity index (χ1n) is 8.29. The summed E-state index contributed by atoms with van der Waals surface area (Å²) in [5.74, 6) is 0.274. The third-order valence-corrected chi connectivity index (χ3v) is 3.87. The molecule has 0 fully saturated rings. The molecule has 2 N–H and O–H groups in total. The van der Waals surface area contributed by atoms with E-state index in [9.17, 15) is 9.59 Å². The summed E-state index contributed by atoms with van der Waals surface area (Å²) in [5, 5.41) is 5.48. The third-order valence-electron chi connectivity index (χ3n) is 3.87. The van der Waals surface area contributed by atoms with Crippen LogP contribution in [0.1, 0.15) is 34.0 Å². The van der Waals surface area contributed by atoms with Crippen LogP contribution in [0, 0.1) is 20.8 Å². The van der Waals surface area contributed by atoms with E-state index in [0.29, 0.717) is 23.5 Å². The molecule has 2 amide bonds. The molecule has 5 nitrogen and oxygen atoms in total. The van der Waals surface area contributed by atoms with Gasteiger partial charge in [0.25, 0.3) is 11.8 Å². The van der Waals surface area contributed by atoms with Crippen molar-refractivity contribution in [2.75, 3.05) is 18.5 Å². The number of amides is 2. The van der Waals surface area contributed by atoms with Crippen LogP contribution in [-0.2, 0) is 4.79 Å². The lowest BCUT2D eigenvalue weighted by Gasteiger charge is -2.13. The summed E-state index contributed by atoms with van der Waals surface area (Å²) in [6.45, 7) is 8.30. The standard InChI is InChI=1S/C20H24N2O3/c1-5-21-20(24)16-7-6-8-17(11-16)22-19(23)12-25-18-10-13(2)9-14(3)15(18)4/h6-11H,5,12H2,1-4H3,(H,21,24)(H,22,23). The van der Waals surface area contributed by atoms with Crippen molar-refractivity contribution in [2.45, 2.75) is 27.7 Å². The molecular weight excluding hydrogens is 316 g/mol. The fourth-order valence-electron chi connectivity index (χ4n) is 2.49. The molecule has 0 saturated heterocycles. The van der Waals surface area contributed by atoms with E-state index in [4.69, 9.17) is 4.74 Å². The van der Waals surface area contributed by atoms with Crippen LogP contribution in [0.5, 0.6) is 5.75 Å². The molecule has 5 heteroatoms. The van der Waals surface area contributed by atoms with Crippen LogP contribution in [0.25, 0.3) is 0 Å². The number of aryl methyl sites for hydroxylation is 2. The Hall–Kier alpha value is -2.82. The Kier molecular flexibility index (Phi) is 6.17. The predicted molar refractivity (Wildman–Crippen MR) is 99.2 cm³/mol. The number of carbonyl (C=O) groups is 2. The van der Waals surface area contributed by atoms with Crippen LogP contribution in [0.3, 0.4) is 0 Å². The quantitative estimate of drug-likeness (QED) is 0.847. The van der Waals surface area contributed by atoms with Gasteiger partial charge in [-0.15, -0.1) is 0 Å². The molecule has 0 aliphatic rings. The van der Waals surface area contributed by atoms with Gasteiger partial charge in [-0.1, -0.05) is 12.1 Å². The summed E-state index contributed by atoms with van der Waals surface area (Å²) in [4.78, 5) is 24.0. The van der Waals surface area contributed by atoms with Crippen molar-refractivity contribution in [3.63, 3.8) is 0 Å². The van der Waals surface area contributed by atoms with E-state index in [2.05, 4.69) is 16.7 Å². The first kappa shape index (κ1) is 18.5. The van der Waals surface area contributed by atoms with Crippen molar-refractivity contribution < 1.29 is 14.3 Å². The number of ether oxygens (including phenoxy) is 1. The number of anilines is 1. The Morgan fingerprint density at radius 2 is 1.84 bits per heavy atom. The second-order valence-corrected chi connectivity index (χ2v) is 5.98. The Morgan fingerprint density at radius 1 is 1.08 bits per heavy atom. The highest BCUT2D eigenvalue weighted by Crippen LogP contribution is 2.23. The minimum atomic E-state index is -0.272. The molecule has 2 aromatic carbocycles. The van der Waals surface area contributed by atoms with Crippen molar-refractivity contribution in [1.82, 2.24) is 5.32 Å². The first-order chi connectivity index (χ1) is 11.9. The van der Waals surface area contributed by atoms with Gasteiger partial charge in [-0.25, -0.2) is 0 Å². The summed E-state index contributed by atoms with van der Waals surface area (Å²) in [5.41, 5.74) is 4.31. The maximum atomic E-state index is 12.1.